The van der Waals surface area contributed by atoms with E-state index in [1.54, 1.807) is 45.3 Å². The SMILES string of the molecule is CCOC(=O)C1=C(CN2CCN(C(=O)c3ccc(OC)cc3)CC2)N(C)C(=O)NC1c1cc(C)ccc1C. The predicted molar refractivity (Wildman–Crippen MR) is 144 cm³/mol. The summed E-state index contributed by atoms with van der Waals surface area (Å²) in [6, 6.07) is 12.2. The molecule has 1 fully saturated rings. The van der Waals surface area contributed by atoms with Gasteiger partial charge in [-0.2, -0.15) is 0 Å². The minimum Gasteiger partial charge on any atom is -0.497 e. The minimum atomic E-state index is -0.606. The first-order valence-corrected chi connectivity index (χ1v) is 12.9. The third-order valence-corrected chi connectivity index (χ3v) is 7.19. The van der Waals surface area contributed by atoms with Gasteiger partial charge in [-0.3, -0.25) is 14.6 Å². The molecule has 38 heavy (non-hydrogen) atoms. The smallest absolute Gasteiger partial charge is 0.338 e. The highest BCUT2D eigenvalue weighted by molar-refractivity contribution is 5.95. The molecule has 4 rings (SSSR count). The van der Waals surface area contributed by atoms with Gasteiger partial charge in [-0.1, -0.05) is 23.8 Å². The number of carbonyl (C=O) groups is 3. The maximum atomic E-state index is 13.3. The van der Waals surface area contributed by atoms with Crippen molar-refractivity contribution in [3.63, 3.8) is 0 Å². The lowest BCUT2D eigenvalue weighted by Crippen LogP contribution is -2.53. The van der Waals surface area contributed by atoms with Crippen LogP contribution in [0, 0.1) is 13.8 Å². The lowest BCUT2D eigenvalue weighted by molar-refractivity contribution is -0.139. The fourth-order valence-electron chi connectivity index (χ4n) is 4.94. The number of nitrogens with one attached hydrogen (secondary N) is 1. The van der Waals surface area contributed by atoms with Gasteiger partial charge < -0.3 is 19.7 Å². The molecule has 2 aliphatic rings. The maximum absolute atomic E-state index is 13.3. The molecule has 2 aromatic rings. The average Bonchev–Trinajstić information content (AvgIpc) is 2.92. The van der Waals surface area contributed by atoms with Crippen molar-refractivity contribution in [3.05, 3.63) is 76.0 Å². The predicted octanol–water partition coefficient (Wildman–Crippen LogP) is 3.28. The van der Waals surface area contributed by atoms with Crippen LogP contribution in [0.1, 0.15) is 40.0 Å². The van der Waals surface area contributed by atoms with Gasteiger partial charge in [-0.15, -0.1) is 0 Å². The summed E-state index contributed by atoms with van der Waals surface area (Å²) in [6.45, 7) is 8.68. The molecule has 1 atom stereocenters. The summed E-state index contributed by atoms with van der Waals surface area (Å²) in [4.78, 5) is 44.8. The van der Waals surface area contributed by atoms with Crippen LogP contribution in [0.15, 0.2) is 53.7 Å². The quantitative estimate of drug-likeness (QED) is 0.564. The van der Waals surface area contributed by atoms with Gasteiger partial charge in [0.2, 0.25) is 0 Å². The number of piperazine rings is 1. The first-order chi connectivity index (χ1) is 18.2. The first-order valence-electron chi connectivity index (χ1n) is 12.9. The summed E-state index contributed by atoms with van der Waals surface area (Å²) in [6.07, 6.45) is 0. The zero-order valence-electron chi connectivity index (χ0n) is 22.7. The number of hydrogen-bond donors (Lipinski definition) is 1. The van der Waals surface area contributed by atoms with Crippen molar-refractivity contribution in [2.24, 2.45) is 0 Å². The van der Waals surface area contributed by atoms with Crippen LogP contribution in [0.25, 0.3) is 0 Å². The van der Waals surface area contributed by atoms with E-state index in [0.29, 0.717) is 55.3 Å². The Morgan fingerprint density at radius 3 is 2.34 bits per heavy atom. The monoisotopic (exact) mass is 520 g/mol. The maximum Gasteiger partial charge on any atom is 0.338 e. The van der Waals surface area contributed by atoms with Crippen LogP contribution in [0.2, 0.25) is 0 Å². The Morgan fingerprint density at radius 2 is 1.71 bits per heavy atom. The molecule has 0 aromatic heterocycles. The molecule has 1 unspecified atom stereocenters. The summed E-state index contributed by atoms with van der Waals surface area (Å²) in [5, 5.41) is 3.00. The van der Waals surface area contributed by atoms with Gasteiger partial charge in [-0.05, 0) is 56.2 Å². The second-order valence-electron chi connectivity index (χ2n) is 9.68. The van der Waals surface area contributed by atoms with E-state index in [1.165, 1.54) is 4.90 Å². The number of esters is 1. The van der Waals surface area contributed by atoms with Crippen LogP contribution < -0.4 is 10.1 Å². The third kappa shape index (κ3) is 5.67. The fourth-order valence-corrected chi connectivity index (χ4v) is 4.94. The van der Waals surface area contributed by atoms with Crippen molar-refractivity contribution in [1.29, 1.82) is 0 Å². The molecule has 2 aromatic carbocycles. The first kappa shape index (κ1) is 27.2. The van der Waals surface area contributed by atoms with Crippen LogP contribution >= 0.6 is 0 Å². The molecule has 0 aliphatic carbocycles. The number of nitrogens with zero attached hydrogens (tertiary/aromatic N) is 3. The molecule has 1 N–H and O–H groups in total. The number of amides is 3. The summed E-state index contributed by atoms with van der Waals surface area (Å²) >= 11 is 0. The molecule has 2 heterocycles. The number of methoxy groups -OCH3 is 1. The largest absolute Gasteiger partial charge is 0.497 e. The fraction of sp³-hybridized carbons (Fsp3) is 0.414. The third-order valence-electron chi connectivity index (χ3n) is 7.19. The van der Waals surface area contributed by atoms with Crippen molar-refractivity contribution in [3.8, 4) is 5.75 Å². The van der Waals surface area contributed by atoms with E-state index in [-0.39, 0.29) is 18.5 Å². The molecule has 9 nitrogen and oxygen atoms in total. The summed E-state index contributed by atoms with van der Waals surface area (Å²) in [5.74, 6) is 0.244. The molecule has 3 amide bonds. The highest BCUT2D eigenvalue weighted by atomic mass is 16.5. The lowest BCUT2D eigenvalue weighted by atomic mass is 9.90. The molecule has 0 saturated carbocycles. The Kier molecular flexibility index (Phi) is 8.36. The van der Waals surface area contributed by atoms with E-state index < -0.39 is 12.0 Å². The summed E-state index contributed by atoms with van der Waals surface area (Å²) in [5.41, 5.74) is 4.58. The molecule has 9 heteroatoms. The number of carbonyl (C=O) groups excluding carboxylic acids is 3. The molecular weight excluding hydrogens is 484 g/mol. The number of urea groups is 1. The summed E-state index contributed by atoms with van der Waals surface area (Å²) in [7, 11) is 3.27. The standard InChI is InChI=1S/C29H36N4O5/c1-6-38-28(35)25-24(31(4)29(36)30-26(25)23-17-19(2)7-8-20(23)3)18-32-13-15-33(16-14-32)27(34)21-9-11-22(37-5)12-10-21/h7-12,17,26H,6,13-16,18H2,1-5H3,(H,30,36). The topological polar surface area (TPSA) is 91.4 Å². The van der Waals surface area contributed by atoms with Crippen molar-refractivity contribution < 1.29 is 23.9 Å². The van der Waals surface area contributed by atoms with Crippen molar-refractivity contribution in [2.45, 2.75) is 26.8 Å². The van der Waals surface area contributed by atoms with Crippen molar-refractivity contribution in [2.75, 3.05) is 53.5 Å². The molecular formula is C29H36N4O5. The van der Waals surface area contributed by atoms with Gasteiger partial charge in [0.05, 0.1) is 25.3 Å². The number of likely N-dealkylation sites (N-methyl/N-ethyl adjacent to an activating group) is 1. The van der Waals surface area contributed by atoms with Crippen LogP contribution in [0.5, 0.6) is 5.75 Å². The van der Waals surface area contributed by atoms with Crippen LogP contribution in [0.4, 0.5) is 4.79 Å². The Labute approximate surface area is 224 Å². The van der Waals surface area contributed by atoms with Crippen molar-refractivity contribution in [1.82, 2.24) is 20.0 Å². The highest BCUT2D eigenvalue weighted by Gasteiger charge is 2.38. The van der Waals surface area contributed by atoms with Gasteiger partial charge in [0.1, 0.15) is 5.75 Å². The second-order valence-corrected chi connectivity index (χ2v) is 9.68. The average molecular weight is 521 g/mol. The van der Waals surface area contributed by atoms with Gasteiger partial charge in [0.15, 0.2) is 0 Å². The lowest BCUT2D eigenvalue weighted by Gasteiger charge is -2.39. The van der Waals surface area contributed by atoms with Gasteiger partial charge >= 0.3 is 12.0 Å². The van der Waals surface area contributed by atoms with Gasteiger partial charge in [0, 0.05) is 51.0 Å². The van der Waals surface area contributed by atoms with E-state index in [2.05, 4.69) is 10.2 Å². The number of benzene rings is 2. The molecule has 1 saturated heterocycles. The number of ether oxygens (including phenoxy) is 2. The van der Waals surface area contributed by atoms with E-state index in [0.717, 1.165) is 16.7 Å². The van der Waals surface area contributed by atoms with Gasteiger partial charge in [0.25, 0.3) is 5.91 Å². The molecule has 0 spiro atoms. The normalized spacial score (nSPS) is 18.3. The van der Waals surface area contributed by atoms with Crippen LogP contribution in [-0.2, 0) is 9.53 Å². The highest BCUT2D eigenvalue weighted by Crippen LogP contribution is 2.33. The summed E-state index contributed by atoms with van der Waals surface area (Å²) < 4.78 is 10.6. The number of rotatable bonds is 7. The molecule has 2 aliphatic heterocycles. The van der Waals surface area contributed by atoms with Crippen LogP contribution in [-0.4, -0.2) is 86.1 Å². The number of hydrogen-bond acceptors (Lipinski definition) is 6. The molecule has 0 radical (unpaired) electrons. The zero-order valence-corrected chi connectivity index (χ0v) is 22.7. The van der Waals surface area contributed by atoms with Gasteiger partial charge in [-0.25, -0.2) is 9.59 Å². The number of aryl methyl sites for hydroxylation is 2. The van der Waals surface area contributed by atoms with E-state index in [4.69, 9.17) is 9.47 Å². The van der Waals surface area contributed by atoms with Crippen LogP contribution in [0.3, 0.4) is 0 Å². The molecule has 202 valence electrons. The second kappa shape index (κ2) is 11.7. The van der Waals surface area contributed by atoms with Crippen molar-refractivity contribution >= 4 is 17.9 Å². The van der Waals surface area contributed by atoms with E-state index >= 15 is 0 Å². The minimum absolute atomic E-state index is 0.0251. The van der Waals surface area contributed by atoms with E-state index in [9.17, 15) is 14.4 Å². The zero-order chi connectivity index (χ0) is 27.4. The molecule has 0 bridgehead atoms. The Balaban J connectivity index is 1.57. The Bertz CT molecular complexity index is 1230. The Hall–Kier alpha value is -3.85. The Morgan fingerprint density at radius 1 is 1.03 bits per heavy atom. The van der Waals surface area contributed by atoms with E-state index in [1.807, 2.05) is 36.9 Å².